The Morgan fingerprint density at radius 3 is 2.73 bits per heavy atom. The molecule has 1 saturated carbocycles. The molecule has 4 heteroatoms. The van der Waals surface area contributed by atoms with Gasteiger partial charge in [-0.3, -0.25) is 4.79 Å². The van der Waals surface area contributed by atoms with E-state index in [0.717, 1.165) is 19.4 Å². The molecule has 86 valence electrons. The maximum Gasteiger partial charge on any atom is 0.220 e. The van der Waals surface area contributed by atoms with Crippen molar-refractivity contribution in [3.05, 3.63) is 0 Å². The monoisotopic (exact) mass is 212 g/mol. The lowest BCUT2D eigenvalue weighted by atomic mass is 9.64. The van der Waals surface area contributed by atoms with E-state index in [1.165, 1.54) is 0 Å². The lowest BCUT2D eigenvalue weighted by Gasteiger charge is -2.51. The van der Waals surface area contributed by atoms with Crippen LogP contribution >= 0.6 is 0 Å². The fourth-order valence-electron chi connectivity index (χ4n) is 2.34. The Morgan fingerprint density at radius 1 is 1.53 bits per heavy atom. The molecule has 0 aromatic heterocycles. The van der Waals surface area contributed by atoms with Crippen molar-refractivity contribution in [1.82, 2.24) is 10.6 Å². The average molecular weight is 212 g/mol. The second-order valence-corrected chi connectivity index (χ2v) is 5.33. The quantitative estimate of drug-likeness (QED) is 0.604. The highest BCUT2D eigenvalue weighted by Crippen LogP contribution is 2.40. The molecular formula is C11H20N2O2. The summed E-state index contributed by atoms with van der Waals surface area (Å²) in [6.07, 6.45) is 2.17. The van der Waals surface area contributed by atoms with E-state index in [1.807, 2.05) is 0 Å². The van der Waals surface area contributed by atoms with Crippen molar-refractivity contribution in [2.45, 2.75) is 51.3 Å². The molecule has 3 unspecified atom stereocenters. The van der Waals surface area contributed by atoms with E-state index >= 15 is 0 Å². The van der Waals surface area contributed by atoms with Crippen molar-refractivity contribution in [3.8, 4) is 0 Å². The molecule has 1 aliphatic heterocycles. The number of carbonyl (C=O) groups excluding carboxylic acids is 1. The van der Waals surface area contributed by atoms with Crippen molar-refractivity contribution in [1.29, 1.82) is 0 Å². The number of hydrogen-bond acceptors (Lipinski definition) is 3. The van der Waals surface area contributed by atoms with Crippen LogP contribution in [0.1, 0.15) is 33.1 Å². The number of hydrogen-bond donors (Lipinski definition) is 3. The first-order chi connectivity index (χ1) is 7.00. The summed E-state index contributed by atoms with van der Waals surface area (Å²) in [5.41, 5.74) is -0.0263. The van der Waals surface area contributed by atoms with Gasteiger partial charge in [0.25, 0.3) is 0 Å². The maximum absolute atomic E-state index is 11.0. The standard InChI is InChI=1S/C11H20N2O2/c1-11(2)8(5-9(11)14)13-7-3-4-10(15)12-6-7/h7-9,13-14H,3-6H2,1-2H3,(H,12,15). The van der Waals surface area contributed by atoms with Gasteiger partial charge >= 0.3 is 0 Å². The Kier molecular flexibility index (Phi) is 2.73. The van der Waals surface area contributed by atoms with E-state index in [4.69, 9.17) is 0 Å². The van der Waals surface area contributed by atoms with Crippen LogP contribution in [-0.2, 0) is 4.79 Å². The Labute approximate surface area is 90.4 Å². The Hall–Kier alpha value is -0.610. The summed E-state index contributed by atoms with van der Waals surface area (Å²) < 4.78 is 0. The first-order valence-electron chi connectivity index (χ1n) is 5.71. The molecule has 0 aromatic rings. The zero-order valence-electron chi connectivity index (χ0n) is 9.42. The Morgan fingerprint density at radius 2 is 2.27 bits per heavy atom. The molecule has 1 saturated heterocycles. The second kappa shape index (κ2) is 3.76. The minimum atomic E-state index is -0.187. The fourth-order valence-corrected chi connectivity index (χ4v) is 2.34. The first kappa shape index (κ1) is 10.9. The smallest absolute Gasteiger partial charge is 0.220 e. The zero-order valence-corrected chi connectivity index (χ0v) is 9.42. The summed E-state index contributed by atoms with van der Waals surface area (Å²) in [5, 5.41) is 16.0. The van der Waals surface area contributed by atoms with Crippen LogP contribution in [0.15, 0.2) is 0 Å². The minimum Gasteiger partial charge on any atom is -0.392 e. The predicted octanol–water partition coefficient (Wildman–Crippen LogP) is 0.0140. The molecule has 4 nitrogen and oxygen atoms in total. The Bertz CT molecular complexity index is 255. The van der Waals surface area contributed by atoms with Gasteiger partial charge in [0.05, 0.1) is 6.10 Å². The fraction of sp³-hybridized carbons (Fsp3) is 0.909. The van der Waals surface area contributed by atoms with Crippen LogP contribution in [0.4, 0.5) is 0 Å². The van der Waals surface area contributed by atoms with Crippen molar-refractivity contribution in [2.24, 2.45) is 5.41 Å². The molecule has 2 aliphatic rings. The van der Waals surface area contributed by atoms with Gasteiger partial charge in [-0.1, -0.05) is 13.8 Å². The summed E-state index contributed by atoms with van der Waals surface area (Å²) in [6.45, 7) is 4.89. The number of carbonyl (C=O) groups is 1. The summed E-state index contributed by atoms with van der Waals surface area (Å²) >= 11 is 0. The van der Waals surface area contributed by atoms with Crippen molar-refractivity contribution < 1.29 is 9.90 Å². The van der Waals surface area contributed by atoms with Crippen LogP contribution in [0.3, 0.4) is 0 Å². The Balaban J connectivity index is 1.81. The molecule has 1 amide bonds. The molecule has 3 N–H and O–H groups in total. The highest BCUT2D eigenvalue weighted by atomic mass is 16.3. The van der Waals surface area contributed by atoms with Gasteiger partial charge in [-0.2, -0.15) is 0 Å². The summed E-state index contributed by atoms with van der Waals surface area (Å²) in [5.74, 6) is 0.154. The molecule has 2 fully saturated rings. The van der Waals surface area contributed by atoms with Crippen LogP contribution in [-0.4, -0.2) is 35.7 Å². The number of amides is 1. The molecule has 0 radical (unpaired) electrons. The maximum atomic E-state index is 11.0. The van der Waals surface area contributed by atoms with Gasteiger partial charge in [-0.25, -0.2) is 0 Å². The van der Waals surface area contributed by atoms with Crippen molar-refractivity contribution >= 4 is 5.91 Å². The number of aliphatic hydroxyl groups is 1. The SMILES string of the molecule is CC1(C)C(O)CC1NC1CCC(=O)NC1. The van der Waals surface area contributed by atoms with Crippen LogP contribution in [0, 0.1) is 5.41 Å². The molecule has 1 heterocycles. The molecule has 0 aromatic carbocycles. The highest BCUT2D eigenvalue weighted by Gasteiger charge is 2.47. The van der Waals surface area contributed by atoms with Crippen LogP contribution < -0.4 is 10.6 Å². The third-order valence-corrected chi connectivity index (χ3v) is 3.92. The van der Waals surface area contributed by atoms with Crippen molar-refractivity contribution in [3.63, 3.8) is 0 Å². The van der Waals surface area contributed by atoms with Crippen LogP contribution in [0.2, 0.25) is 0 Å². The molecular weight excluding hydrogens is 192 g/mol. The third-order valence-electron chi connectivity index (χ3n) is 3.92. The minimum absolute atomic E-state index is 0.0263. The molecule has 15 heavy (non-hydrogen) atoms. The molecule has 2 rings (SSSR count). The van der Waals surface area contributed by atoms with E-state index in [9.17, 15) is 9.90 Å². The molecule has 0 bridgehead atoms. The van der Waals surface area contributed by atoms with E-state index in [1.54, 1.807) is 0 Å². The number of nitrogens with one attached hydrogen (secondary N) is 2. The van der Waals surface area contributed by atoms with Crippen molar-refractivity contribution in [2.75, 3.05) is 6.54 Å². The zero-order chi connectivity index (χ0) is 11.1. The number of aliphatic hydroxyl groups excluding tert-OH is 1. The van der Waals surface area contributed by atoms with Gasteiger partial charge in [-0.15, -0.1) is 0 Å². The van der Waals surface area contributed by atoms with Gasteiger partial charge in [0, 0.05) is 30.5 Å². The van der Waals surface area contributed by atoms with Crippen LogP contribution in [0.5, 0.6) is 0 Å². The van der Waals surface area contributed by atoms with Crippen LogP contribution in [0.25, 0.3) is 0 Å². The largest absolute Gasteiger partial charge is 0.392 e. The average Bonchev–Trinajstić information content (AvgIpc) is 2.21. The molecule has 3 atom stereocenters. The molecule has 0 spiro atoms. The lowest BCUT2D eigenvalue weighted by Crippen LogP contribution is -2.63. The molecule has 1 aliphatic carbocycles. The van der Waals surface area contributed by atoms with E-state index in [2.05, 4.69) is 24.5 Å². The predicted molar refractivity (Wildman–Crippen MR) is 57.4 cm³/mol. The number of rotatable bonds is 2. The van der Waals surface area contributed by atoms with E-state index in [-0.39, 0.29) is 17.4 Å². The van der Waals surface area contributed by atoms with E-state index < -0.39 is 0 Å². The topological polar surface area (TPSA) is 61.4 Å². The summed E-state index contributed by atoms with van der Waals surface area (Å²) in [6, 6.07) is 0.756. The normalized spacial score (nSPS) is 39.4. The summed E-state index contributed by atoms with van der Waals surface area (Å²) in [4.78, 5) is 11.0. The van der Waals surface area contributed by atoms with Gasteiger partial charge in [-0.05, 0) is 12.8 Å². The number of piperidine rings is 1. The lowest BCUT2D eigenvalue weighted by molar-refractivity contribution is -0.123. The van der Waals surface area contributed by atoms with Gasteiger partial charge in [0.1, 0.15) is 0 Å². The second-order valence-electron chi connectivity index (χ2n) is 5.33. The van der Waals surface area contributed by atoms with E-state index in [0.29, 0.717) is 18.5 Å². The first-order valence-corrected chi connectivity index (χ1v) is 5.71. The van der Waals surface area contributed by atoms with Gasteiger partial charge < -0.3 is 15.7 Å². The van der Waals surface area contributed by atoms with Gasteiger partial charge in [0.2, 0.25) is 5.91 Å². The summed E-state index contributed by atoms with van der Waals surface area (Å²) in [7, 11) is 0. The third kappa shape index (κ3) is 2.01. The van der Waals surface area contributed by atoms with Gasteiger partial charge in [0.15, 0.2) is 0 Å². The highest BCUT2D eigenvalue weighted by molar-refractivity contribution is 5.76.